The Morgan fingerprint density at radius 1 is 0.779 bits per heavy atom. The number of carbonyl (C=O) groups is 4. The molecule has 77 heavy (non-hydrogen) atoms. The molecule has 26 heteroatoms. The molecule has 0 aliphatic rings. The number of fused-ring (bicyclic) bond motifs is 2. The van der Waals surface area contributed by atoms with Gasteiger partial charge >= 0.3 is 6.18 Å². The van der Waals surface area contributed by atoms with Crippen molar-refractivity contribution in [3.8, 4) is 24.2 Å². The lowest BCUT2D eigenvalue weighted by Gasteiger charge is -2.24. The number of allylic oxidation sites excluding steroid dienone is 1. The third-order valence-corrected chi connectivity index (χ3v) is 15.0. The average Bonchev–Trinajstić information content (AvgIpc) is 3.40. The molecule has 0 saturated carbocycles. The number of ether oxygens (including phenoxy) is 1. The maximum absolute atomic E-state index is 14.7. The van der Waals surface area contributed by atoms with Crippen molar-refractivity contribution in [3.05, 3.63) is 119 Å². The number of terminal acetylenes is 1. The van der Waals surface area contributed by atoms with Crippen molar-refractivity contribution in [1.29, 1.82) is 5.26 Å². The number of sulfonamides is 1. The number of rotatable bonds is 27. The van der Waals surface area contributed by atoms with Crippen LogP contribution in [-0.2, 0) is 63.8 Å². The van der Waals surface area contributed by atoms with Crippen LogP contribution in [0.25, 0.3) is 21.8 Å². The van der Waals surface area contributed by atoms with Crippen LogP contribution in [-0.4, -0.2) is 105 Å². The van der Waals surface area contributed by atoms with Gasteiger partial charge in [0.1, 0.15) is 11.8 Å². The first kappa shape index (κ1) is 60.2. The Labute approximate surface area is 442 Å². The Morgan fingerprint density at radius 2 is 1.38 bits per heavy atom. The molecule has 4 aromatic carbocycles. The highest BCUT2D eigenvalue weighted by atomic mass is 32.2. The number of hydrogen-bond acceptors (Lipinski definition) is 14. The third-order valence-electron chi connectivity index (χ3n) is 11.6. The van der Waals surface area contributed by atoms with Crippen LogP contribution in [0, 0.1) is 23.7 Å². The largest absolute Gasteiger partial charge is 0.748 e. The fourth-order valence-electron chi connectivity index (χ4n) is 8.00. The molecular weight excluding hydrogens is 1070 g/mol. The van der Waals surface area contributed by atoms with Crippen LogP contribution in [0.1, 0.15) is 72.9 Å². The second-order valence-electron chi connectivity index (χ2n) is 17.2. The highest BCUT2D eigenvalue weighted by Gasteiger charge is 2.36. The van der Waals surface area contributed by atoms with E-state index in [9.17, 15) is 71.8 Å². The van der Waals surface area contributed by atoms with E-state index < -0.39 is 95.4 Å². The zero-order chi connectivity index (χ0) is 56.6. The van der Waals surface area contributed by atoms with Crippen LogP contribution in [0.4, 0.5) is 18.9 Å². The van der Waals surface area contributed by atoms with Gasteiger partial charge in [-0.3, -0.25) is 23.7 Å². The van der Waals surface area contributed by atoms with Gasteiger partial charge in [0.05, 0.1) is 49.3 Å². The molecule has 0 aliphatic carbocycles. The molecule has 5 N–H and O–H groups in total. The summed E-state index contributed by atoms with van der Waals surface area (Å²) in [6.07, 6.45) is 1.55. The second kappa shape index (κ2) is 26.9. The minimum atomic E-state index is -4.80. The van der Waals surface area contributed by atoms with Crippen LogP contribution < -0.4 is 25.3 Å². The van der Waals surface area contributed by atoms with E-state index in [0.717, 1.165) is 12.1 Å². The summed E-state index contributed by atoms with van der Waals surface area (Å²) in [5, 5.41) is 26.8. The van der Waals surface area contributed by atoms with Gasteiger partial charge in [-0.15, -0.1) is 6.42 Å². The smallest absolute Gasteiger partial charge is 0.419 e. The highest BCUT2D eigenvalue weighted by Crippen LogP contribution is 2.38. The molecule has 1 heterocycles. The molecule has 0 unspecified atom stereocenters. The SMILES string of the molecule is C#C/C(O)=C(\C#N)C(=O)Nc1ccc(C(F)(F)F)c(OCCCCCC(=O)NCCNC(=O)CCCc2ccc(S(=O)(=O)N(CCCS(=O)(=O)O)C(=O)c3c4ccccc4[n+](CCCS(=O)(=O)[O-])c4ccccc34)cc2)c1. The zero-order valence-electron chi connectivity index (χ0n) is 41.0. The minimum Gasteiger partial charge on any atom is -0.748 e. The number of aliphatic hydroxyl groups excluding tert-OH is 1. The van der Waals surface area contributed by atoms with Crippen LogP contribution >= 0.6 is 0 Å². The lowest BCUT2D eigenvalue weighted by molar-refractivity contribution is -0.645. The highest BCUT2D eigenvalue weighted by molar-refractivity contribution is 7.89. The summed E-state index contributed by atoms with van der Waals surface area (Å²) in [7, 11) is -13.8. The van der Waals surface area contributed by atoms with Crippen LogP contribution in [0.5, 0.6) is 5.75 Å². The molecule has 0 radical (unpaired) electrons. The van der Waals surface area contributed by atoms with E-state index in [-0.39, 0.29) is 90.7 Å². The van der Waals surface area contributed by atoms with Crippen molar-refractivity contribution < 1.29 is 81.1 Å². The second-order valence-corrected chi connectivity index (χ2v) is 22.2. The maximum atomic E-state index is 14.7. The van der Waals surface area contributed by atoms with Gasteiger partial charge in [-0.05, 0) is 86.4 Å². The number of carbonyl (C=O) groups excluding carboxylic acids is 4. The molecule has 0 spiro atoms. The van der Waals surface area contributed by atoms with E-state index >= 15 is 0 Å². The number of para-hydroxylation sites is 2. The Hall–Kier alpha value is -7.62. The summed E-state index contributed by atoms with van der Waals surface area (Å²) >= 11 is 0. The van der Waals surface area contributed by atoms with E-state index in [4.69, 9.17) is 16.4 Å². The summed E-state index contributed by atoms with van der Waals surface area (Å²) in [6.45, 7) is -0.545. The molecule has 0 fully saturated rings. The molecule has 0 bridgehead atoms. The predicted octanol–water partition coefficient (Wildman–Crippen LogP) is 5.45. The van der Waals surface area contributed by atoms with Crippen molar-refractivity contribution in [1.82, 2.24) is 14.9 Å². The first-order valence-electron chi connectivity index (χ1n) is 23.7. The number of halogens is 3. The van der Waals surface area contributed by atoms with Gasteiger partial charge in [0.15, 0.2) is 17.9 Å². The topological polar surface area (TPSA) is 310 Å². The number of hydrogen-bond donors (Lipinski definition) is 5. The van der Waals surface area contributed by atoms with Crippen molar-refractivity contribution in [2.24, 2.45) is 0 Å². The zero-order valence-corrected chi connectivity index (χ0v) is 43.5. The number of amides is 4. The quantitative estimate of drug-likeness (QED) is 0.00639. The molecule has 20 nitrogen and oxygen atoms in total. The summed E-state index contributed by atoms with van der Waals surface area (Å²) < 4.78 is 144. The van der Waals surface area contributed by atoms with Gasteiger partial charge in [0.25, 0.3) is 32.0 Å². The summed E-state index contributed by atoms with van der Waals surface area (Å²) in [4.78, 5) is 51.6. The predicted molar refractivity (Wildman–Crippen MR) is 274 cm³/mol. The van der Waals surface area contributed by atoms with Gasteiger partial charge in [-0.2, -0.15) is 31.4 Å². The van der Waals surface area contributed by atoms with Crippen molar-refractivity contribution >= 4 is 81.4 Å². The Kier molecular flexibility index (Phi) is 21.1. The average molecular weight is 1130 g/mol. The monoisotopic (exact) mass is 1130 g/mol. The summed E-state index contributed by atoms with van der Waals surface area (Å²) in [5.41, 5.74) is -0.656. The lowest BCUT2D eigenvalue weighted by atomic mass is 10.0. The van der Waals surface area contributed by atoms with Crippen molar-refractivity contribution in [2.75, 3.05) is 43.1 Å². The number of aromatic nitrogens is 1. The molecular formula is C51H53F3N6O14S3. The minimum absolute atomic E-state index is 0.0466. The Bertz CT molecular complexity index is 3410. The number of nitrogens with one attached hydrogen (secondary N) is 3. The maximum Gasteiger partial charge on any atom is 0.419 e. The van der Waals surface area contributed by atoms with E-state index in [0.29, 0.717) is 52.7 Å². The first-order chi connectivity index (χ1) is 36.3. The Morgan fingerprint density at radius 3 is 1.94 bits per heavy atom. The third kappa shape index (κ3) is 17.5. The van der Waals surface area contributed by atoms with Gasteiger partial charge in [0, 0.05) is 68.5 Å². The molecule has 5 aromatic rings. The number of aliphatic hydroxyl groups is 1. The molecule has 0 atom stereocenters. The number of pyridine rings is 1. The molecule has 0 saturated heterocycles. The van der Waals surface area contributed by atoms with Crippen LogP contribution in [0.15, 0.2) is 107 Å². The fourth-order valence-corrected chi connectivity index (χ4v) is 10.4. The summed E-state index contributed by atoms with van der Waals surface area (Å²) in [6, 6.07) is 22.5. The Balaban J connectivity index is 1.10. The molecule has 4 amide bonds. The first-order valence-corrected chi connectivity index (χ1v) is 28.3. The van der Waals surface area contributed by atoms with E-state index in [1.165, 1.54) is 30.3 Å². The number of nitrogens with zero attached hydrogens (tertiary/aromatic N) is 3. The number of aryl methyl sites for hydroxylation is 2. The van der Waals surface area contributed by atoms with Gasteiger partial charge in [-0.25, -0.2) is 21.1 Å². The normalized spacial score (nSPS) is 12.2. The van der Waals surface area contributed by atoms with E-state index in [1.807, 2.05) is 0 Å². The number of anilines is 1. The molecule has 5 rings (SSSR count). The van der Waals surface area contributed by atoms with E-state index in [2.05, 4.69) is 16.0 Å². The van der Waals surface area contributed by atoms with Crippen LogP contribution in [0.3, 0.4) is 0 Å². The summed E-state index contributed by atoms with van der Waals surface area (Å²) in [5.74, 6) is -4.13. The molecule has 410 valence electrons. The molecule has 1 aromatic heterocycles. The fraction of sp³-hybridized carbons (Fsp3) is 0.333. The van der Waals surface area contributed by atoms with Gasteiger partial charge < -0.3 is 30.3 Å². The van der Waals surface area contributed by atoms with Gasteiger partial charge in [-0.1, -0.05) is 36.4 Å². The number of alkyl halides is 3. The standard InChI is InChI=1S/C51H53F3N6O14S3/c1-2-44(61)40(34-55)49(64)58-36-22-25-41(51(52,53)54)45(33-36)74-30-9-3-4-18-46(62)56-26-27-57-47(63)19-10-13-35-20-23-37(24-21-35)77(72,73)60(29-12-32-76(69,70)71)50(65)48-38-14-5-7-16-42(38)59(28-11-31-75(66,67)68)43-17-8-6-15-39(43)48/h1,5-8,14-17,20-25,33H,3-4,9-13,18-19,26-32H2,(H5-,56,57,58,61,62,63,64,66,67,68,69,70,71). The number of benzene rings is 4. The van der Waals surface area contributed by atoms with E-state index in [1.54, 1.807) is 59.0 Å². The van der Waals surface area contributed by atoms with Crippen molar-refractivity contribution in [2.45, 2.75) is 75.4 Å². The lowest BCUT2D eigenvalue weighted by Crippen LogP contribution is -2.41. The number of nitriles is 1. The molecule has 0 aliphatic heterocycles. The van der Waals surface area contributed by atoms with Crippen LogP contribution in [0.2, 0.25) is 0 Å². The van der Waals surface area contributed by atoms with Crippen molar-refractivity contribution in [3.63, 3.8) is 0 Å². The number of unbranched alkanes of at least 4 members (excludes halogenated alkanes) is 2. The van der Waals surface area contributed by atoms with Gasteiger partial charge in [0.2, 0.25) is 22.8 Å².